The van der Waals surface area contributed by atoms with E-state index < -0.39 is 0 Å². The van der Waals surface area contributed by atoms with Crippen molar-refractivity contribution in [1.29, 1.82) is 0 Å². The Labute approximate surface area is 131 Å². The normalized spacial score (nSPS) is 11.0. The zero-order valence-electron chi connectivity index (χ0n) is 12.8. The van der Waals surface area contributed by atoms with Crippen LogP contribution in [0.1, 0.15) is 12.0 Å². The summed E-state index contributed by atoms with van der Waals surface area (Å²) in [6.07, 6.45) is 1.08. The molecule has 1 aromatic heterocycles. The van der Waals surface area contributed by atoms with Gasteiger partial charge in [-0.2, -0.15) is 0 Å². The maximum atomic E-state index is 5.87. The molecular formula is C16H22N4S. The highest BCUT2D eigenvalue weighted by Crippen LogP contribution is 2.22. The van der Waals surface area contributed by atoms with Crippen molar-refractivity contribution in [3.05, 3.63) is 35.9 Å². The molecule has 5 heteroatoms. The third kappa shape index (κ3) is 3.89. The van der Waals surface area contributed by atoms with E-state index in [9.17, 15) is 0 Å². The molecule has 4 nitrogen and oxygen atoms in total. The molecule has 0 amide bonds. The van der Waals surface area contributed by atoms with Gasteiger partial charge in [0.15, 0.2) is 0 Å². The van der Waals surface area contributed by atoms with Crippen molar-refractivity contribution in [1.82, 2.24) is 9.88 Å². The second-order valence-electron chi connectivity index (χ2n) is 5.49. The molecule has 0 aliphatic rings. The minimum Gasteiger partial charge on any atom is -0.389 e. The molecule has 2 N–H and O–H groups in total. The van der Waals surface area contributed by atoms with Crippen molar-refractivity contribution >= 4 is 33.9 Å². The third-order valence-corrected chi connectivity index (χ3v) is 3.68. The van der Waals surface area contributed by atoms with Crippen LogP contribution in [0, 0.1) is 0 Å². The summed E-state index contributed by atoms with van der Waals surface area (Å²) in [5, 5.41) is 1.01. The fraction of sp³-hybridized carbons (Fsp3) is 0.375. The number of benzene rings is 1. The predicted molar refractivity (Wildman–Crippen MR) is 94.1 cm³/mol. The summed E-state index contributed by atoms with van der Waals surface area (Å²) >= 11 is 5.18. The second-order valence-corrected chi connectivity index (χ2v) is 5.93. The van der Waals surface area contributed by atoms with E-state index >= 15 is 0 Å². The molecule has 1 heterocycles. The molecule has 2 aromatic rings. The maximum Gasteiger partial charge on any atom is 0.129 e. The summed E-state index contributed by atoms with van der Waals surface area (Å²) in [5.41, 5.74) is 7.69. The molecule has 0 aliphatic heterocycles. The standard InChI is InChI=1S/C16H22N4S/c1-19(2)9-6-10-20(3)15-11-13(16(17)21)12-7-4-5-8-14(12)18-15/h4-5,7-8,11H,6,9-10H2,1-3H3,(H2,17,21). The summed E-state index contributed by atoms with van der Waals surface area (Å²) in [6.45, 7) is 2.00. The van der Waals surface area contributed by atoms with E-state index in [0.717, 1.165) is 41.8 Å². The van der Waals surface area contributed by atoms with Gasteiger partial charge in [-0.05, 0) is 39.2 Å². The Morgan fingerprint density at radius 3 is 2.57 bits per heavy atom. The van der Waals surface area contributed by atoms with Crippen LogP contribution in [0.4, 0.5) is 5.82 Å². The maximum absolute atomic E-state index is 5.87. The van der Waals surface area contributed by atoms with E-state index in [1.165, 1.54) is 0 Å². The Morgan fingerprint density at radius 1 is 1.19 bits per heavy atom. The van der Waals surface area contributed by atoms with Gasteiger partial charge in [0.2, 0.25) is 0 Å². The SMILES string of the molecule is CN(C)CCCN(C)c1cc(C(N)=S)c2ccccc2n1. The lowest BCUT2D eigenvalue weighted by Gasteiger charge is -2.21. The number of anilines is 1. The molecule has 0 aliphatic carbocycles. The Hall–Kier alpha value is -1.72. The van der Waals surface area contributed by atoms with Crippen molar-refractivity contribution in [2.45, 2.75) is 6.42 Å². The van der Waals surface area contributed by atoms with Crippen LogP contribution in [-0.2, 0) is 0 Å². The average Bonchev–Trinajstić information content (AvgIpc) is 2.45. The first kappa shape index (κ1) is 15.7. The van der Waals surface area contributed by atoms with Crippen LogP contribution in [0.3, 0.4) is 0 Å². The smallest absolute Gasteiger partial charge is 0.129 e. The third-order valence-electron chi connectivity index (χ3n) is 3.46. The van der Waals surface area contributed by atoms with Crippen LogP contribution < -0.4 is 10.6 Å². The molecule has 0 saturated carbocycles. The lowest BCUT2D eigenvalue weighted by atomic mass is 10.1. The molecule has 0 fully saturated rings. The average molecular weight is 302 g/mol. The number of hydrogen-bond donors (Lipinski definition) is 1. The summed E-state index contributed by atoms with van der Waals surface area (Å²) in [5.74, 6) is 0.912. The Morgan fingerprint density at radius 2 is 1.90 bits per heavy atom. The molecule has 0 unspecified atom stereocenters. The number of fused-ring (bicyclic) bond motifs is 1. The van der Waals surface area contributed by atoms with E-state index in [2.05, 4.69) is 30.9 Å². The number of nitrogens with zero attached hydrogens (tertiary/aromatic N) is 3. The summed E-state index contributed by atoms with van der Waals surface area (Å²) in [6, 6.07) is 9.95. The topological polar surface area (TPSA) is 45.4 Å². The number of aromatic nitrogens is 1. The van der Waals surface area contributed by atoms with Gasteiger partial charge in [-0.1, -0.05) is 30.4 Å². The molecular weight excluding hydrogens is 280 g/mol. The minimum absolute atomic E-state index is 0.413. The van der Waals surface area contributed by atoms with Gasteiger partial charge in [0.25, 0.3) is 0 Å². The summed E-state index contributed by atoms with van der Waals surface area (Å²) in [7, 11) is 6.22. The van der Waals surface area contributed by atoms with Gasteiger partial charge in [-0.25, -0.2) is 4.98 Å². The molecule has 0 radical (unpaired) electrons. The van der Waals surface area contributed by atoms with Crippen molar-refractivity contribution < 1.29 is 0 Å². The van der Waals surface area contributed by atoms with Crippen LogP contribution in [-0.4, -0.2) is 49.1 Å². The van der Waals surface area contributed by atoms with Gasteiger partial charge >= 0.3 is 0 Å². The highest BCUT2D eigenvalue weighted by atomic mass is 32.1. The van der Waals surface area contributed by atoms with Crippen molar-refractivity contribution in [2.24, 2.45) is 5.73 Å². The van der Waals surface area contributed by atoms with Crippen molar-refractivity contribution in [3.63, 3.8) is 0 Å². The van der Waals surface area contributed by atoms with Crippen LogP contribution >= 0.6 is 12.2 Å². The van der Waals surface area contributed by atoms with E-state index in [0.29, 0.717) is 4.99 Å². The number of nitrogens with two attached hydrogens (primary N) is 1. The van der Waals surface area contributed by atoms with Crippen LogP contribution in [0.15, 0.2) is 30.3 Å². The van der Waals surface area contributed by atoms with E-state index in [4.69, 9.17) is 22.9 Å². The fourth-order valence-corrected chi connectivity index (χ4v) is 2.47. The molecule has 0 atom stereocenters. The van der Waals surface area contributed by atoms with Gasteiger partial charge < -0.3 is 15.5 Å². The number of hydrogen-bond acceptors (Lipinski definition) is 4. The highest BCUT2D eigenvalue weighted by Gasteiger charge is 2.10. The van der Waals surface area contributed by atoms with Crippen LogP contribution in [0.25, 0.3) is 10.9 Å². The fourth-order valence-electron chi connectivity index (χ4n) is 2.30. The molecule has 112 valence electrons. The number of pyridine rings is 1. The molecule has 0 spiro atoms. The molecule has 2 rings (SSSR count). The number of rotatable bonds is 6. The van der Waals surface area contributed by atoms with Gasteiger partial charge in [0.1, 0.15) is 10.8 Å². The van der Waals surface area contributed by atoms with Crippen molar-refractivity contribution in [3.8, 4) is 0 Å². The zero-order valence-corrected chi connectivity index (χ0v) is 13.7. The first-order valence-electron chi connectivity index (χ1n) is 7.04. The predicted octanol–water partition coefficient (Wildman–Crippen LogP) is 2.26. The Kier molecular flexibility index (Phi) is 5.09. The summed E-state index contributed by atoms with van der Waals surface area (Å²) in [4.78, 5) is 9.46. The highest BCUT2D eigenvalue weighted by molar-refractivity contribution is 7.80. The first-order chi connectivity index (χ1) is 9.99. The number of thiocarbonyl (C=S) groups is 1. The molecule has 0 saturated heterocycles. The lowest BCUT2D eigenvalue weighted by molar-refractivity contribution is 0.401. The molecule has 0 bridgehead atoms. The molecule has 1 aromatic carbocycles. The van der Waals surface area contributed by atoms with Crippen LogP contribution in [0.2, 0.25) is 0 Å². The van der Waals surface area contributed by atoms with E-state index in [1.807, 2.05) is 30.3 Å². The van der Waals surface area contributed by atoms with E-state index in [1.54, 1.807) is 0 Å². The second kappa shape index (κ2) is 6.83. The van der Waals surface area contributed by atoms with Gasteiger partial charge in [-0.15, -0.1) is 0 Å². The quantitative estimate of drug-likeness (QED) is 0.829. The zero-order chi connectivity index (χ0) is 15.4. The largest absolute Gasteiger partial charge is 0.389 e. The van der Waals surface area contributed by atoms with Crippen LogP contribution in [0.5, 0.6) is 0 Å². The Balaban J connectivity index is 2.29. The van der Waals surface area contributed by atoms with Crippen molar-refractivity contribution in [2.75, 3.05) is 39.1 Å². The van der Waals surface area contributed by atoms with Gasteiger partial charge in [0, 0.05) is 24.5 Å². The first-order valence-corrected chi connectivity index (χ1v) is 7.45. The monoisotopic (exact) mass is 302 g/mol. The number of para-hydroxylation sites is 1. The molecule has 21 heavy (non-hydrogen) atoms. The van der Waals surface area contributed by atoms with Gasteiger partial charge in [-0.3, -0.25) is 0 Å². The minimum atomic E-state index is 0.413. The van der Waals surface area contributed by atoms with Gasteiger partial charge in [0.05, 0.1) is 5.52 Å². The van der Waals surface area contributed by atoms with E-state index in [-0.39, 0.29) is 0 Å². The lowest BCUT2D eigenvalue weighted by Crippen LogP contribution is -2.24. The summed E-state index contributed by atoms with van der Waals surface area (Å²) < 4.78 is 0. The Bertz CT molecular complexity index is 639.